The Morgan fingerprint density at radius 1 is 1.20 bits per heavy atom. The van der Waals surface area contributed by atoms with E-state index in [0.29, 0.717) is 11.3 Å². The predicted octanol–water partition coefficient (Wildman–Crippen LogP) is 3.37. The first-order valence-electron chi connectivity index (χ1n) is 5.72. The van der Waals surface area contributed by atoms with Crippen molar-refractivity contribution in [3.63, 3.8) is 0 Å². The van der Waals surface area contributed by atoms with Crippen LogP contribution in [0.15, 0.2) is 42.5 Å². The fourth-order valence-corrected chi connectivity index (χ4v) is 1.95. The zero-order chi connectivity index (χ0) is 14.7. The Hall–Kier alpha value is -2.94. The highest BCUT2D eigenvalue weighted by Crippen LogP contribution is 2.35. The maximum atomic E-state index is 13.6. The third-order valence-corrected chi connectivity index (χ3v) is 2.90. The molecule has 0 spiro atoms. The van der Waals surface area contributed by atoms with Crippen LogP contribution in [0.3, 0.4) is 0 Å². The molecule has 2 rings (SSSR count). The van der Waals surface area contributed by atoms with Crippen LogP contribution < -0.4 is 4.90 Å². The van der Waals surface area contributed by atoms with E-state index in [1.165, 1.54) is 17.0 Å². The topological polar surface area (TPSA) is 70.2 Å². The average Bonchev–Trinajstić information content (AvgIpc) is 2.45. The molecular formula is C14H10FN3O2. The molecule has 2 aromatic carbocycles. The minimum absolute atomic E-state index is 0.0951. The molecule has 0 heterocycles. The summed E-state index contributed by atoms with van der Waals surface area (Å²) in [5, 5.41) is 20.1. The Balaban J connectivity index is 2.60. The molecule has 0 radical (unpaired) electrons. The van der Waals surface area contributed by atoms with E-state index in [1.54, 1.807) is 31.3 Å². The molecule has 0 aliphatic heterocycles. The fraction of sp³-hybridized carbons (Fsp3) is 0.0714. The molecule has 0 saturated carbocycles. The molecule has 0 bridgehead atoms. The summed E-state index contributed by atoms with van der Waals surface area (Å²) in [5.41, 5.74) is 0.317. The maximum absolute atomic E-state index is 13.6. The van der Waals surface area contributed by atoms with Crippen molar-refractivity contribution in [1.82, 2.24) is 0 Å². The van der Waals surface area contributed by atoms with Crippen LogP contribution in [0.5, 0.6) is 0 Å². The van der Waals surface area contributed by atoms with Crippen LogP contribution in [0.2, 0.25) is 0 Å². The van der Waals surface area contributed by atoms with Gasteiger partial charge in [0.2, 0.25) is 5.82 Å². The third-order valence-electron chi connectivity index (χ3n) is 2.90. The lowest BCUT2D eigenvalue weighted by atomic mass is 10.1. The second kappa shape index (κ2) is 5.36. The van der Waals surface area contributed by atoms with Gasteiger partial charge in [-0.15, -0.1) is 0 Å². The number of nitriles is 1. The molecule has 0 atom stereocenters. The predicted molar refractivity (Wildman–Crippen MR) is 72.3 cm³/mol. The van der Waals surface area contributed by atoms with Gasteiger partial charge in [-0.05, 0) is 24.3 Å². The second-order valence-electron chi connectivity index (χ2n) is 4.05. The first-order valence-corrected chi connectivity index (χ1v) is 5.72. The van der Waals surface area contributed by atoms with Crippen molar-refractivity contribution in [1.29, 1.82) is 5.26 Å². The van der Waals surface area contributed by atoms with E-state index in [-0.39, 0.29) is 5.69 Å². The average molecular weight is 271 g/mol. The van der Waals surface area contributed by atoms with Crippen LogP contribution in [0, 0.1) is 27.3 Å². The van der Waals surface area contributed by atoms with Gasteiger partial charge < -0.3 is 4.90 Å². The molecule has 5 nitrogen and oxygen atoms in total. The SMILES string of the molecule is CN(c1ccccc1C#N)c1cccc(F)c1[N+](=O)[O-]. The standard InChI is InChI=1S/C14H10FN3O2/c1-17(12-7-3-2-5-10(12)9-16)13-8-4-6-11(15)14(13)18(19)20/h2-8H,1H3. The van der Waals surface area contributed by atoms with Crippen molar-refractivity contribution in [2.75, 3.05) is 11.9 Å². The van der Waals surface area contributed by atoms with Crippen LogP contribution in [-0.4, -0.2) is 12.0 Å². The minimum Gasteiger partial charge on any atom is -0.338 e. The second-order valence-corrected chi connectivity index (χ2v) is 4.05. The van der Waals surface area contributed by atoms with Crippen LogP contribution in [0.25, 0.3) is 0 Å². The lowest BCUT2D eigenvalue weighted by Crippen LogP contribution is -2.13. The van der Waals surface area contributed by atoms with Gasteiger partial charge in [0.25, 0.3) is 0 Å². The van der Waals surface area contributed by atoms with Crippen molar-refractivity contribution in [2.24, 2.45) is 0 Å². The minimum atomic E-state index is -0.909. The molecule has 2 aromatic rings. The van der Waals surface area contributed by atoms with E-state index in [9.17, 15) is 14.5 Å². The highest BCUT2D eigenvalue weighted by molar-refractivity contribution is 5.75. The van der Waals surface area contributed by atoms with Gasteiger partial charge in [-0.2, -0.15) is 9.65 Å². The number of rotatable bonds is 3. The van der Waals surface area contributed by atoms with Crippen molar-refractivity contribution in [3.05, 3.63) is 64.0 Å². The molecular weight excluding hydrogens is 261 g/mol. The van der Waals surface area contributed by atoms with Crippen LogP contribution in [-0.2, 0) is 0 Å². The number of hydrogen-bond acceptors (Lipinski definition) is 4. The Morgan fingerprint density at radius 3 is 2.50 bits per heavy atom. The first kappa shape index (κ1) is 13.5. The number of halogens is 1. The van der Waals surface area contributed by atoms with Crippen LogP contribution >= 0.6 is 0 Å². The van der Waals surface area contributed by atoms with Crippen molar-refractivity contribution >= 4 is 17.1 Å². The molecule has 100 valence electrons. The van der Waals surface area contributed by atoms with E-state index in [4.69, 9.17) is 5.26 Å². The normalized spacial score (nSPS) is 9.85. The number of benzene rings is 2. The monoisotopic (exact) mass is 271 g/mol. The number of nitrogens with zero attached hydrogens (tertiary/aromatic N) is 3. The van der Waals surface area contributed by atoms with Gasteiger partial charge in [-0.1, -0.05) is 18.2 Å². The molecule has 0 N–H and O–H groups in total. The molecule has 0 unspecified atom stereocenters. The zero-order valence-corrected chi connectivity index (χ0v) is 10.6. The van der Waals surface area contributed by atoms with Gasteiger partial charge in [0.15, 0.2) is 0 Å². The summed E-state index contributed by atoms with van der Waals surface area (Å²) < 4.78 is 13.6. The van der Waals surface area contributed by atoms with Gasteiger partial charge in [0, 0.05) is 7.05 Å². The summed E-state index contributed by atoms with van der Waals surface area (Å²) >= 11 is 0. The highest BCUT2D eigenvalue weighted by Gasteiger charge is 2.23. The molecule has 0 saturated heterocycles. The van der Waals surface area contributed by atoms with Gasteiger partial charge in [0.05, 0.1) is 16.2 Å². The van der Waals surface area contributed by atoms with Crippen molar-refractivity contribution in [2.45, 2.75) is 0 Å². The van der Waals surface area contributed by atoms with Crippen LogP contribution in [0.4, 0.5) is 21.5 Å². The molecule has 0 aliphatic carbocycles. The molecule has 0 amide bonds. The van der Waals surface area contributed by atoms with Crippen molar-refractivity contribution < 1.29 is 9.31 Å². The highest BCUT2D eigenvalue weighted by atomic mass is 19.1. The fourth-order valence-electron chi connectivity index (χ4n) is 1.95. The van der Waals surface area contributed by atoms with Gasteiger partial charge >= 0.3 is 5.69 Å². The number of hydrogen-bond donors (Lipinski definition) is 0. The maximum Gasteiger partial charge on any atom is 0.328 e. The van der Waals surface area contributed by atoms with E-state index < -0.39 is 16.4 Å². The Kier molecular flexibility index (Phi) is 3.62. The Morgan fingerprint density at radius 2 is 1.85 bits per heavy atom. The molecule has 6 heteroatoms. The zero-order valence-electron chi connectivity index (χ0n) is 10.6. The third kappa shape index (κ3) is 2.29. The van der Waals surface area contributed by atoms with E-state index in [0.717, 1.165) is 6.07 Å². The number of anilines is 2. The van der Waals surface area contributed by atoms with Crippen molar-refractivity contribution in [3.8, 4) is 6.07 Å². The summed E-state index contributed by atoms with van der Waals surface area (Å²) in [6.07, 6.45) is 0. The largest absolute Gasteiger partial charge is 0.338 e. The lowest BCUT2D eigenvalue weighted by molar-refractivity contribution is -0.386. The smallest absolute Gasteiger partial charge is 0.328 e. The Labute approximate surface area is 114 Å². The molecule has 0 aromatic heterocycles. The molecule has 20 heavy (non-hydrogen) atoms. The lowest BCUT2D eigenvalue weighted by Gasteiger charge is -2.20. The van der Waals surface area contributed by atoms with Gasteiger partial charge in [-0.25, -0.2) is 0 Å². The summed E-state index contributed by atoms with van der Waals surface area (Å²) in [5.74, 6) is -0.909. The summed E-state index contributed by atoms with van der Waals surface area (Å²) in [4.78, 5) is 11.7. The number of nitro benzene ring substituents is 1. The first-order chi connectivity index (χ1) is 9.56. The number of nitro groups is 1. The molecule has 0 aliphatic rings. The van der Waals surface area contributed by atoms with E-state index in [1.807, 2.05) is 6.07 Å². The van der Waals surface area contributed by atoms with Gasteiger partial charge in [-0.3, -0.25) is 10.1 Å². The van der Waals surface area contributed by atoms with E-state index in [2.05, 4.69) is 0 Å². The number of para-hydroxylation sites is 2. The quantitative estimate of drug-likeness (QED) is 0.633. The summed E-state index contributed by atoms with van der Waals surface area (Å²) in [7, 11) is 1.55. The van der Waals surface area contributed by atoms with E-state index >= 15 is 0 Å². The molecule has 0 fully saturated rings. The van der Waals surface area contributed by atoms with Crippen LogP contribution in [0.1, 0.15) is 5.56 Å². The summed E-state index contributed by atoms with van der Waals surface area (Å²) in [6, 6.07) is 12.5. The van der Waals surface area contributed by atoms with Gasteiger partial charge in [0.1, 0.15) is 11.8 Å². The Bertz CT molecular complexity index is 710. The summed E-state index contributed by atoms with van der Waals surface area (Å²) in [6.45, 7) is 0.